The third kappa shape index (κ3) is 5.00. The Morgan fingerprint density at radius 2 is 1.91 bits per heavy atom. The van der Waals surface area contributed by atoms with Crippen molar-refractivity contribution in [2.75, 3.05) is 0 Å². The third-order valence-electron chi connectivity index (χ3n) is 6.46. The predicted octanol–water partition coefficient (Wildman–Crippen LogP) is 3.90. The van der Waals surface area contributed by atoms with Crippen LogP contribution in [0.25, 0.3) is 0 Å². The van der Waals surface area contributed by atoms with Gasteiger partial charge in [0.1, 0.15) is 11.9 Å². The number of carbonyl (C=O) groups excluding carboxylic acids is 2. The lowest BCUT2D eigenvalue weighted by molar-refractivity contribution is -0.139. The highest BCUT2D eigenvalue weighted by atomic mass is 19.1. The zero-order valence-electron chi connectivity index (χ0n) is 19.7. The van der Waals surface area contributed by atoms with Gasteiger partial charge in [-0.3, -0.25) is 9.59 Å². The van der Waals surface area contributed by atoms with E-state index in [2.05, 4.69) is 20.7 Å². The maximum absolute atomic E-state index is 14.8. The first-order valence-electron chi connectivity index (χ1n) is 11.7. The number of aromatic nitrogens is 3. The Morgan fingerprint density at radius 1 is 1.15 bits per heavy atom. The van der Waals surface area contributed by atoms with E-state index in [0.717, 1.165) is 12.0 Å². The van der Waals surface area contributed by atoms with Crippen LogP contribution < -0.4 is 5.32 Å². The molecule has 4 rings (SSSR count). The first-order chi connectivity index (χ1) is 16.3. The van der Waals surface area contributed by atoms with E-state index in [4.69, 9.17) is 0 Å². The van der Waals surface area contributed by atoms with E-state index in [-0.39, 0.29) is 36.0 Å². The number of aromatic amines is 1. The molecule has 7 nitrogen and oxygen atoms in total. The summed E-state index contributed by atoms with van der Waals surface area (Å²) >= 11 is 0. The molecule has 3 atom stereocenters. The number of hydrogen-bond donors (Lipinski definition) is 2. The molecule has 0 unspecified atom stereocenters. The molecular weight excluding hydrogens is 433 g/mol. The van der Waals surface area contributed by atoms with Crippen molar-refractivity contribution >= 4 is 11.8 Å². The third-order valence-corrected chi connectivity index (χ3v) is 6.46. The molecule has 2 aromatic carbocycles. The topological polar surface area (TPSA) is 91.0 Å². The van der Waals surface area contributed by atoms with E-state index in [1.165, 1.54) is 12.3 Å². The number of amides is 2. The Bertz CT molecular complexity index is 1130. The summed E-state index contributed by atoms with van der Waals surface area (Å²) < 4.78 is 14.8. The molecular formula is C26H30FN5O2. The van der Waals surface area contributed by atoms with Crippen LogP contribution in [0, 0.1) is 5.82 Å². The highest BCUT2D eigenvalue weighted by Gasteiger charge is 2.39. The van der Waals surface area contributed by atoms with Crippen LogP contribution in [0.5, 0.6) is 0 Å². The Morgan fingerprint density at radius 3 is 2.56 bits per heavy atom. The van der Waals surface area contributed by atoms with Gasteiger partial charge in [0.15, 0.2) is 0 Å². The maximum atomic E-state index is 14.8. The molecule has 2 heterocycles. The molecule has 2 amide bonds. The van der Waals surface area contributed by atoms with Gasteiger partial charge in [-0.05, 0) is 48.4 Å². The summed E-state index contributed by atoms with van der Waals surface area (Å²) in [5.74, 6) is -0.646. The Hall–Kier alpha value is -3.55. The van der Waals surface area contributed by atoms with Crippen LogP contribution in [-0.2, 0) is 16.0 Å². The van der Waals surface area contributed by atoms with E-state index in [1.54, 1.807) is 11.0 Å². The number of nitrogens with zero attached hydrogens (tertiary/aromatic N) is 3. The fourth-order valence-corrected chi connectivity index (χ4v) is 4.65. The molecule has 3 aromatic rings. The number of hydrogen-bond acceptors (Lipinski definition) is 4. The smallest absolute Gasteiger partial charge is 0.243 e. The van der Waals surface area contributed by atoms with Crippen molar-refractivity contribution in [3.05, 3.63) is 82.9 Å². The van der Waals surface area contributed by atoms with Gasteiger partial charge in [-0.1, -0.05) is 56.3 Å². The summed E-state index contributed by atoms with van der Waals surface area (Å²) in [4.78, 5) is 28.2. The van der Waals surface area contributed by atoms with E-state index in [0.29, 0.717) is 23.2 Å². The maximum Gasteiger partial charge on any atom is 0.243 e. The minimum Gasteiger partial charge on any atom is -0.343 e. The number of carbonyl (C=O) groups is 2. The highest BCUT2D eigenvalue weighted by Crippen LogP contribution is 2.29. The Balaban J connectivity index is 1.59. The van der Waals surface area contributed by atoms with Crippen molar-refractivity contribution < 1.29 is 14.0 Å². The summed E-state index contributed by atoms with van der Waals surface area (Å²) in [7, 11) is 0. The fraction of sp³-hybridized carbons (Fsp3) is 0.385. The number of benzene rings is 2. The summed E-state index contributed by atoms with van der Waals surface area (Å²) in [5.41, 5.74) is 2.68. The van der Waals surface area contributed by atoms with Crippen LogP contribution in [0.2, 0.25) is 0 Å². The monoisotopic (exact) mass is 463 g/mol. The predicted molar refractivity (Wildman–Crippen MR) is 126 cm³/mol. The number of H-pyrrole nitrogens is 1. The molecule has 0 bridgehead atoms. The van der Waals surface area contributed by atoms with Gasteiger partial charge in [0, 0.05) is 6.04 Å². The molecule has 34 heavy (non-hydrogen) atoms. The minimum atomic E-state index is -0.597. The highest BCUT2D eigenvalue weighted by molar-refractivity contribution is 5.89. The SMILES string of the molecule is CC(C)c1ccc([C@@H](NC(=O)[C@@H]2CC[C@H](C)N2C(=O)Cc2cn[nH]n2)c2ccccc2)cc1F. The molecule has 2 N–H and O–H groups in total. The first-order valence-corrected chi connectivity index (χ1v) is 11.7. The largest absolute Gasteiger partial charge is 0.343 e. The van der Waals surface area contributed by atoms with Gasteiger partial charge >= 0.3 is 0 Å². The molecule has 1 aliphatic heterocycles. The summed E-state index contributed by atoms with van der Waals surface area (Å²) in [6.45, 7) is 5.84. The van der Waals surface area contributed by atoms with Gasteiger partial charge in [-0.2, -0.15) is 15.4 Å². The van der Waals surface area contributed by atoms with Crippen molar-refractivity contribution in [2.24, 2.45) is 0 Å². The molecule has 1 aromatic heterocycles. The van der Waals surface area contributed by atoms with E-state index < -0.39 is 12.1 Å². The molecule has 1 aliphatic rings. The van der Waals surface area contributed by atoms with Gasteiger partial charge < -0.3 is 10.2 Å². The molecule has 8 heteroatoms. The Labute approximate surface area is 198 Å². The fourth-order valence-electron chi connectivity index (χ4n) is 4.65. The van der Waals surface area contributed by atoms with E-state index >= 15 is 0 Å². The molecule has 1 fully saturated rings. The molecule has 0 aliphatic carbocycles. The van der Waals surface area contributed by atoms with Gasteiger partial charge in [-0.15, -0.1) is 0 Å². The second-order valence-electron chi connectivity index (χ2n) is 9.17. The lowest BCUT2D eigenvalue weighted by Gasteiger charge is -2.30. The van der Waals surface area contributed by atoms with E-state index in [1.807, 2.05) is 57.2 Å². The van der Waals surface area contributed by atoms with Crippen molar-refractivity contribution in [1.29, 1.82) is 0 Å². The van der Waals surface area contributed by atoms with Crippen LogP contribution in [-0.4, -0.2) is 44.2 Å². The van der Waals surface area contributed by atoms with Crippen LogP contribution in [0.15, 0.2) is 54.7 Å². The van der Waals surface area contributed by atoms with Gasteiger partial charge in [-0.25, -0.2) is 4.39 Å². The molecule has 0 saturated carbocycles. The minimum absolute atomic E-state index is 0.0584. The van der Waals surface area contributed by atoms with Crippen molar-refractivity contribution in [2.45, 2.75) is 64.1 Å². The number of halogens is 1. The summed E-state index contributed by atoms with van der Waals surface area (Å²) in [5, 5.41) is 13.3. The second-order valence-corrected chi connectivity index (χ2v) is 9.17. The average Bonchev–Trinajstić information content (AvgIpc) is 3.47. The Kier molecular flexibility index (Phi) is 7.05. The lowest BCUT2D eigenvalue weighted by atomic mass is 9.94. The van der Waals surface area contributed by atoms with E-state index in [9.17, 15) is 14.0 Å². The van der Waals surface area contributed by atoms with Crippen LogP contribution >= 0.6 is 0 Å². The quantitative estimate of drug-likeness (QED) is 0.556. The van der Waals surface area contributed by atoms with Gasteiger partial charge in [0.25, 0.3) is 0 Å². The average molecular weight is 464 g/mol. The standard InChI is InChI=1S/C26H30FN5O2/c1-16(2)21-11-10-19(13-22(21)27)25(18-7-5-4-6-8-18)29-26(34)23-12-9-17(3)32(23)24(33)14-20-15-28-31-30-20/h4-8,10-11,13,15-17,23,25H,9,12,14H2,1-3H3,(H,29,34)(H,28,30,31)/t17-,23-,25-/m0/s1. The van der Waals surface area contributed by atoms with Crippen LogP contribution in [0.4, 0.5) is 4.39 Å². The number of nitrogens with one attached hydrogen (secondary N) is 2. The molecule has 0 spiro atoms. The van der Waals surface area contributed by atoms with Crippen molar-refractivity contribution in [1.82, 2.24) is 25.6 Å². The zero-order valence-corrected chi connectivity index (χ0v) is 19.7. The first kappa shape index (κ1) is 23.6. The molecule has 0 radical (unpaired) electrons. The van der Waals surface area contributed by atoms with Crippen LogP contribution in [0.3, 0.4) is 0 Å². The summed E-state index contributed by atoms with van der Waals surface area (Å²) in [6.07, 6.45) is 2.89. The summed E-state index contributed by atoms with van der Waals surface area (Å²) in [6, 6.07) is 13.4. The van der Waals surface area contributed by atoms with Gasteiger partial charge in [0.2, 0.25) is 11.8 Å². The lowest BCUT2D eigenvalue weighted by Crippen LogP contribution is -2.49. The molecule has 1 saturated heterocycles. The van der Waals surface area contributed by atoms with Crippen LogP contribution in [0.1, 0.15) is 68.0 Å². The van der Waals surface area contributed by atoms with Crippen molar-refractivity contribution in [3.8, 4) is 0 Å². The normalized spacial score (nSPS) is 18.8. The molecule has 178 valence electrons. The second kappa shape index (κ2) is 10.2. The number of likely N-dealkylation sites (tertiary alicyclic amines) is 1. The number of rotatable bonds is 7. The van der Waals surface area contributed by atoms with Crippen molar-refractivity contribution in [3.63, 3.8) is 0 Å². The van der Waals surface area contributed by atoms with Gasteiger partial charge in [0.05, 0.1) is 24.4 Å². The zero-order chi connectivity index (χ0) is 24.2.